The van der Waals surface area contributed by atoms with Gasteiger partial charge in [0, 0.05) is 17.2 Å². The highest BCUT2D eigenvalue weighted by Crippen LogP contribution is 2.37. The molecule has 1 aromatic heterocycles. The van der Waals surface area contributed by atoms with Crippen LogP contribution in [0.4, 0.5) is 8.78 Å². The van der Waals surface area contributed by atoms with Crippen LogP contribution in [-0.2, 0) is 6.42 Å². The number of benzene rings is 1. The fraction of sp³-hybridized carbons (Fsp3) is 0.333. The summed E-state index contributed by atoms with van der Waals surface area (Å²) in [6.45, 7) is 4.07. The number of carbonyl (C=O) groups excluding carboxylic acids is 1. The van der Waals surface area contributed by atoms with E-state index in [0.29, 0.717) is 23.4 Å². The summed E-state index contributed by atoms with van der Waals surface area (Å²) in [5.41, 5.74) is 6.71. The average molecular weight is 332 g/mol. The summed E-state index contributed by atoms with van der Waals surface area (Å²) >= 11 is 0. The van der Waals surface area contributed by atoms with E-state index in [2.05, 4.69) is 4.98 Å². The molecule has 0 saturated carbocycles. The molecule has 0 unspecified atom stereocenters. The molecule has 24 heavy (non-hydrogen) atoms. The van der Waals surface area contributed by atoms with Gasteiger partial charge in [-0.1, -0.05) is 13.8 Å². The summed E-state index contributed by atoms with van der Waals surface area (Å²) in [4.78, 5) is 15.8. The van der Waals surface area contributed by atoms with Crippen molar-refractivity contribution in [2.24, 2.45) is 11.7 Å². The van der Waals surface area contributed by atoms with Gasteiger partial charge in [-0.3, -0.25) is 4.79 Å². The molecule has 0 fully saturated rings. The third-order valence-electron chi connectivity index (χ3n) is 4.25. The predicted octanol–water partition coefficient (Wildman–Crippen LogP) is 3.48. The molecule has 4 nitrogen and oxygen atoms in total. The number of rotatable bonds is 3. The molecule has 0 saturated heterocycles. The van der Waals surface area contributed by atoms with Crippen molar-refractivity contribution >= 4 is 5.91 Å². The van der Waals surface area contributed by atoms with E-state index in [4.69, 9.17) is 10.5 Å². The van der Waals surface area contributed by atoms with Crippen molar-refractivity contribution in [3.63, 3.8) is 0 Å². The highest BCUT2D eigenvalue weighted by atomic mass is 19.1. The Morgan fingerprint density at radius 2 is 2.04 bits per heavy atom. The van der Waals surface area contributed by atoms with Gasteiger partial charge in [-0.2, -0.15) is 0 Å². The Balaban J connectivity index is 2.17. The number of halogens is 2. The van der Waals surface area contributed by atoms with Crippen molar-refractivity contribution in [1.29, 1.82) is 0 Å². The van der Waals surface area contributed by atoms with Gasteiger partial charge in [0.05, 0.1) is 0 Å². The van der Waals surface area contributed by atoms with Crippen LogP contribution in [0.3, 0.4) is 0 Å². The summed E-state index contributed by atoms with van der Waals surface area (Å²) in [5.74, 6) is -1.51. The zero-order chi connectivity index (χ0) is 17.4. The van der Waals surface area contributed by atoms with Crippen LogP contribution in [0.25, 0.3) is 11.1 Å². The minimum absolute atomic E-state index is 0.00289. The summed E-state index contributed by atoms with van der Waals surface area (Å²) in [6, 6.07) is 4.78. The number of pyridine rings is 1. The highest BCUT2D eigenvalue weighted by molar-refractivity contribution is 5.93. The molecule has 1 aromatic carbocycles. The Hall–Kier alpha value is -2.50. The predicted molar refractivity (Wildman–Crippen MR) is 85.7 cm³/mol. The van der Waals surface area contributed by atoms with Crippen LogP contribution >= 0.6 is 0 Å². The lowest BCUT2D eigenvalue weighted by Gasteiger charge is -2.29. The van der Waals surface area contributed by atoms with Crippen molar-refractivity contribution in [3.05, 3.63) is 47.2 Å². The largest absolute Gasteiger partial charge is 0.474 e. The lowest BCUT2D eigenvalue weighted by molar-refractivity contribution is 0.0985. The van der Waals surface area contributed by atoms with Crippen molar-refractivity contribution < 1.29 is 18.3 Å². The first kappa shape index (κ1) is 16.4. The van der Waals surface area contributed by atoms with Crippen LogP contribution < -0.4 is 10.5 Å². The Kier molecular flexibility index (Phi) is 4.22. The van der Waals surface area contributed by atoms with E-state index in [1.54, 1.807) is 0 Å². The Morgan fingerprint density at radius 1 is 1.29 bits per heavy atom. The minimum Gasteiger partial charge on any atom is -0.474 e. The Morgan fingerprint density at radius 3 is 2.67 bits per heavy atom. The first-order chi connectivity index (χ1) is 11.4. The van der Waals surface area contributed by atoms with E-state index < -0.39 is 17.5 Å². The minimum atomic E-state index is -0.725. The molecule has 2 N–H and O–H groups in total. The number of nitrogens with zero attached hydrogens (tertiary/aromatic N) is 1. The van der Waals surface area contributed by atoms with Gasteiger partial charge in [0.25, 0.3) is 5.91 Å². The van der Waals surface area contributed by atoms with Crippen molar-refractivity contribution in [1.82, 2.24) is 4.98 Å². The van der Waals surface area contributed by atoms with Gasteiger partial charge in [-0.25, -0.2) is 13.8 Å². The van der Waals surface area contributed by atoms with Crippen molar-refractivity contribution in [2.45, 2.75) is 32.8 Å². The number of hydrogen-bond donors (Lipinski definition) is 1. The molecule has 126 valence electrons. The fourth-order valence-corrected chi connectivity index (χ4v) is 2.92. The maximum absolute atomic E-state index is 14.2. The van der Waals surface area contributed by atoms with Crippen LogP contribution in [0, 0.1) is 17.6 Å². The number of amides is 1. The summed E-state index contributed by atoms with van der Waals surface area (Å²) in [5, 5.41) is 0. The third kappa shape index (κ3) is 2.96. The van der Waals surface area contributed by atoms with E-state index >= 15 is 0 Å². The van der Waals surface area contributed by atoms with Crippen LogP contribution in [0.2, 0.25) is 0 Å². The molecule has 6 heteroatoms. The van der Waals surface area contributed by atoms with Gasteiger partial charge < -0.3 is 10.5 Å². The Bertz CT molecular complexity index is 806. The van der Waals surface area contributed by atoms with Gasteiger partial charge in [0.15, 0.2) is 0 Å². The molecule has 0 aliphatic carbocycles. The molecular weight excluding hydrogens is 314 g/mol. The first-order valence-electron chi connectivity index (χ1n) is 7.82. The second-order valence-electron chi connectivity index (χ2n) is 6.27. The molecule has 1 aliphatic heterocycles. The summed E-state index contributed by atoms with van der Waals surface area (Å²) in [7, 11) is 0. The number of hydrogen-bond acceptors (Lipinski definition) is 3. The van der Waals surface area contributed by atoms with Gasteiger partial charge in [0.1, 0.15) is 23.4 Å². The second-order valence-corrected chi connectivity index (χ2v) is 6.27. The normalized spacial score (nSPS) is 16.6. The standard InChI is InChI=1S/C18H18F2N2O2/c1-9(2)16-6-5-12-13(11-4-3-10(19)7-14(11)20)8-15(17(21)23)22-18(12)24-16/h3-4,7-9,16H,5-6H2,1-2H3,(H2,21,23)/t16-/m0/s1. The SMILES string of the molecule is CC(C)[C@@H]1CCc2c(-c3ccc(F)cc3F)cc(C(N)=O)nc2O1. The van der Waals surface area contributed by atoms with Crippen LogP contribution in [0.5, 0.6) is 5.88 Å². The topological polar surface area (TPSA) is 65.2 Å². The molecule has 1 amide bonds. The number of ether oxygens (including phenoxy) is 1. The second kappa shape index (κ2) is 6.19. The zero-order valence-electron chi connectivity index (χ0n) is 13.5. The molecular formula is C18H18F2N2O2. The van der Waals surface area contributed by atoms with Crippen LogP contribution in [-0.4, -0.2) is 17.0 Å². The smallest absolute Gasteiger partial charge is 0.267 e. The van der Waals surface area contributed by atoms with E-state index in [1.165, 1.54) is 18.2 Å². The molecule has 0 bridgehead atoms. The fourth-order valence-electron chi connectivity index (χ4n) is 2.92. The van der Waals surface area contributed by atoms with Crippen LogP contribution in [0.15, 0.2) is 24.3 Å². The monoisotopic (exact) mass is 332 g/mol. The lowest BCUT2D eigenvalue weighted by atomic mass is 9.91. The van der Waals surface area contributed by atoms with Gasteiger partial charge in [0.2, 0.25) is 5.88 Å². The molecule has 0 spiro atoms. The molecule has 3 rings (SSSR count). The molecule has 2 heterocycles. The third-order valence-corrected chi connectivity index (χ3v) is 4.25. The summed E-state index contributed by atoms with van der Waals surface area (Å²) < 4.78 is 33.3. The van der Waals surface area contributed by atoms with Crippen molar-refractivity contribution in [3.8, 4) is 17.0 Å². The van der Waals surface area contributed by atoms with Crippen LogP contribution in [0.1, 0.15) is 36.3 Å². The van der Waals surface area contributed by atoms with Crippen molar-refractivity contribution in [2.75, 3.05) is 0 Å². The number of carbonyl (C=O) groups is 1. The molecule has 1 atom stereocenters. The number of nitrogens with two attached hydrogens (primary N) is 1. The van der Waals surface area contributed by atoms with E-state index in [1.807, 2.05) is 13.8 Å². The van der Waals surface area contributed by atoms with Gasteiger partial charge in [-0.15, -0.1) is 0 Å². The first-order valence-corrected chi connectivity index (χ1v) is 7.82. The Labute approximate surface area is 138 Å². The number of fused-ring (bicyclic) bond motifs is 1. The molecule has 2 aromatic rings. The lowest BCUT2D eigenvalue weighted by Crippen LogP contribution is -2.29. The number of primary amides is 1. The van der Waals surface area contributed by atoms with E-state index in [-0.39, 0.29) is 23.3 Å². The summed E-state index contributed by atoms with van der Waals surface area (Å²) in [6.07, 6.45) is 1.37. The maximum Gasteiger partial charge on any atom is 0.267 e. The quantitative estimate of drug-likeness (QED) is 0.936. The molecule has 1 aliphatic rings. The highest BCUT2D eigenvalue weighted by Gasteiger charge is 2.28. The van der Waals surface area contributed by atoms with E-state index in [0.717, 1.165) is 12.5 Å². The van der Waals surface area contributed by atoms with Gasteiger partial charge in [-0.05, 0) is 42.5 Å². The molecule has 0 radical (unpaired) electrons. The van der Waals surface area contributed by atoms with Gasteiger partial charge >= 0.3 is 0 Å². The maximum atomic E-state index is 14.2. The average Bonchev–Trinajstić information content (AvgIpc) is 2.53. The zero-order valence-corrected chi connectivity index (χ0v) is 13.5. The van der Waals surface area contributed by atoms with E-state index in [9.17, 15) is 13.6 Å². The number of aromatic nitrogens is 1.